The zero-order valence-corrected chi connectivity index (χ0v) is 21.3. The first-order chi connectivity index (χ1) is 17.6. The third-order valence-corrected chi connectivity index (χ3v) is 6.16. The maximum absolute atomic E-state index is 13.3. The SMILES string of the molecule is Cc1cccc(NC(=O)COc2ccc(Cl)cc2/C=C2\C(=O)NC(=O)N(c3cccc(Cl)c3C)C2=O)c1. The average Bonchev–Trinajstić information content (AvgIpc) is 2.83. The summed E-state index contributed by atoms with van der Waals surface area (Å²) in [6, 6.07) is 15.7. The number of urea groups is 1. The molecule has 1 heterocycles. The third-order valence-electron chi connectivity index (χ3n) is 5.51. The molecule has 1 fully saturated rings. The van der Waals surface area contributed by atoms with E-state index in [1.807, 2.05) is 25.1 Å². The van der Waals surface area contributed by atoms with Crippen molar-refractivity contribution in [2.24, 2.45) is 0 Å². The molecule has 0 aromatic heterocycles. The van der Waals surface area contributed by atoms with Crippen molar-refractivity contribution in [3.8, 4) is 5.75 Å². The molecule has 3 aromatic rings. The normalized spacial score (nSPS) is 14.5. The minimum absolute atomic E-state index is 0.208. The molecule has 1 aliphatic heterocycles. The van der Waals surface area contributed by atoms with Crippen LogP contribution >= 0.6 is 23.2 Å². The van der Waals surface area contributed by atoms with E-state index in [0.717, 1.165) is 10.5 Å². The molecule has 188 valence electrons. The van der Waals surface area contributed by atoms with Crippen molar-refractivity contribution in [2.45, 2.75) is 13.8 Å². The number of hydrogen-bond donors (Lipinski definition) is 2. The van der Waals surface area contributed by atoms with Crippen LogP contribution in [-0.4, -0.2) is 30.4 Å². The average molecular weight is 538 g/mol. The second-order valence-corrected chi connectivity index (χ2v) is 9.07. The highest BCUT2D eigenvalue weighted by molar-refractivity contribution is 6.40. The minimum atomic E-state index is -0.895. The molecule has 8 nitrogen and oxygen atoms in total. The second kappa shape index (κ2) is 10.9. The van der Waals surface area contributed by atoms with Crippen LogP contribution in [0.1, 0.15) is 16.7 Å². The van der Waals surface area contributed by atoms with Crippen molar-refractivity contribution in [2.75, 3.05) is 16.8 Å². The molecule has 1 saturated heterocycles. The molecular weight excluding hydrogens is 517 g/mol. The van der Waals surface area contributed by atoms with Crippen LogP contribution in [0.5, 0.6) is 5.75 Å². The number of carbonyl (C=O) groups is 4. The van der Waals surface area contributed by atoms with Gasteiger partial charge in [-0.25, -0.2) is 9.69 Å². The highest BCUT2D eigenvalue weighted by Crippen LogP contribution is 2.31. The Morgan fingerprint density at radius 1 is 1.03 bits per heavy atom. The lowest BCUT2D eigenvalue weighted by Gasteiger charge is -2.27. The number of halogens is 2. The predicted molar refractivity (Wildman–Crippen MR) is 142 cm³/mol. The molecular formula is C27H21Cl2N3O5. The van der Waals surface area contributed by atoms with E-state index in [4.69, 9.17) is 27.9 Å². The maximum atomic E-state index is 13.3. The first-order valence-electron chi connectivity index (χ1n) is 11.1. The van der Waals surface area contributed by atoms with Crippen LogP contribution < -0.4 is 20.3 Å². The van der Waals surface area contributed by atoms with E-state index in [1.165, 1.54) is 18.2 Å². The Balaban J connectivity index is 1.61. The van der Waals surface area contributed by atoms with Gasteiger partial charge in [-0.2, -0.15) is 0 Å². The lowest BCUT2D eigenvalue weighted by atomic mass is 10.0. The number of rotatable bonds is 6. The molecule has 2 N–H and O–H groups in total. The smallest absolute Gasteiger partial charge is 0.335 e. The fraction of sp³-hybridized carbons (Fsp3) is 0.111. The zero-order valence-electron chi connectivity index (χ0n) is 19.8. The number of nitrogens with one attached hydrogen (secondary N) is 2. The van der Waals surface area contributed by atoms with Gasteiger partial charge < -0.3 is 10.1 Å². The van der Waals surface area contributed by atoms with Gasteiger partial charge in [-0.1, -0.05) is 41.4 Å². The van der Waals surface area contributed by atoms with E-state index in [0.29, 0.717) is 21.3 Å². The summed E-state index contributed by atoms with van der Waals surface area (Å²) >= 11 is 12.3. The van der Waals surface area contributed by atoms with Crippen LogP contribution in [0.3, 0.4) is 0 Å². The third kappa shape index (κ3) is 5.82. The van der Waals surface area contributed by atoms with Crippen molar-refractivity contribution in [3.05, 3.63) is 93.0 Å². The molecule has 5 amide bonds. The predicted octanol–water partition coefficient (Wildman–Crippen LogP) is 5.29. The van der Waals surface area contributed by atoms with E-state index in [1.54, 1.807) is 37.3 Å². The summed E-state index contributed by atoms with van der Waals surface area (Å²) in [6.07, 6.45) is 1.26. The number of imide groups is 2. The summed E-state index contributed by atoms with van der Waals surface area (Å²) < 4.78 is 5.68. The number of nitrogens with zero attached hydrogens (tertiary/aromatic N) is 1. The first-order valence-corrected chi connectivity index (χ1v) is 11.8. The summed E-state index contributed by atoms with van der Waals surface area (Å²) in [6.45, 7) is 3.23. The monoisotopic (exact) mass is 537 g/mol. The van der Waals surface area contributed by atoms with Crippen molar-refractivity contribution in [1.82, 2.24) is 5.32 Å². The summed E-state index contributed by atoms with van der Waals surface area (Å²) in [4.78, 5) is 51.7. The van der Waals surface area contributed by atoms with Crippen molar-refractivity contribution in [1.29, 1.82) is 0 Å². The number of amides is 5. The van der Waals surface area contributed by atoms with Gasteiger partial charge in [0.1, 0.15) is 11.3 Å². The number of carbonyl (C=O) groups excluding carboxylic acids is 4. The Hall–Kier alpha value is -4.14. The molecule has 0 bridgehead atoms. The minimum Gasteiger partial charge on any atom is -0.483 e. The van der Waals surface area contributed by atoms with E-state index >= 15 is 0 Å². The molecule has 10 heteroatoms. The van der Waals surface area contributed by atoms with Crippen LogP contribution in [0.15, 0.2) is 66.2 Å². The van der Waals surface area contributed by atoms with Crippen molar-refractivity contribution < 1.29 is 23.9 Å². The van der Waals surface area contributed by atoms with Gasteiger partial charge in [0.25, 0.3) is 17.7 Å². The molecule has 0 radical (unpaired) electrons. The van der Waals surface area contributed by atoms with Gasteiger partial charge in [0.2, 0.25) is 0 Å². The molecule has 3 aromatic carbocycles. The summed E-state index contributed by atoms with van der Waals surface area (Å²) in [7, 11) is 0. The van der Waals surface area contributed by atoms with Gasteiger partial charge in [-0.3, -0.25) is 19.7 Å². The number of anilines is 2. The molecule has 0 saturated carbocycles. The molecule has 1 aliphatic rings. The van der Waals surface area contributed by atoms with Gasteiger partial charge in [0, 0.05) is 21.3 Å². The van der Waals surface area contributed by atoms with Crippen molar-refractivity contribution in [3.63, 3.8) is 0 Å². The second-order valence-electron chi connectivity index (χ2n) is 8.23. The summed E-state index contributed by atoms with van der Waals surface area (Å²) in [5.74, 6) is -1.92. The summed E-state index contributed by atoms with van der Waals surface area (Å²) in [5.41, 5.74) is 2.29. The Morgan fingerprint density at radius 3 is 2.54 bits per heavy atom. The fourth-order valence-corrected chi connectivity index (χ4v) is 4.05. The number of ether oxygens (including phenoxy) is 1. The lowest BCUT2D eigenvalue weighted by Crippen LogP contribution is -2.54. The van der Waals surface area contributed by atoms with E-state index < -0.39 is 23.8 Å². The van der Waals surface area contributed by atoms with Gasteiger partial charge in [-0.15, -0.1) is 0 Å². The standard InChI is InChI=1S/C27H21Cl2N3O5/c1-15-5-3-6-19(11-15)30-24(33)14-37-23-10-9-18(28)12-17(23)13-20-25(34)31-27(36)32(26(20)35)22-8-4-7-21(29)16(22)2/h3-13H,14H2,1-2H3,(H,30,33)(H,31,34,36)/b20-13+. The number of hydrogen-bond acceptors (Lipinski definition) is 5. The lowest BCUT2D eigenvalue weighted by molar-refractivity contribution is -0.122. The Labute approximate surface area is 222 Å². The first kappa shape index (κ1) is 25.9. The molecule has 4 rings (SSSR count). The van der Waals surface area contributed by atoms with E-state index in [2.05, 4.69) is 10.6 Å². The van der Waals surface area contributed by atoms with Gasteiger partial charge >= 0.3 is 6.03 Å². The van der Waals surface area contributed by atoms with Gasteiger partial charge in [0.05, 0.1) is 5.69 Å². The zero-order chi connectivity index (χ0) is 26.7. The maximum Gasteiger partial charge on any atom is 0.335 e. The topological polar surface area (TPSA) is 105 Å². The van der Waals surface area contributed by atoms with Gasteiger partial charge in [0.15, 0.2) is 6.61 Å². The highest BCUT2D eigenvalue weighted by atomic mass is 35.5. The van der Waals surface area contributed by atoms with Crippen LogP contribution in [0.2, 0.25) is 10.0 Å². The van der Waals surface area contributed by atoms with Crippen LogP contribution in [0.25, 0.3) is 6.08 Å². The molecule has 37 heavy (non-hydrogen) atoms. The fourth-order valence-electron chi connectivity index (χ4n) is 3.70. The Kier molecular flexibility index (Phi) is 7.61. The van der Waals surface area contributed by atoms with Crippen LogP contribution in [0.4, 0.5) is 16.2 Å². The van der Waals surface area contributed by atoms with E-state index in [-0.39, 0.29) is 29.2 Å². The Bertz CT molecular complexity index is 1470. The number of benzene rings is 3. The quantitative estimate of drug-likeness (QED) is 0.328. The molecule has 0 atom stereocenters. The van der Waals surface area contributed by atoms with Crippen molar-refractivity contribution >= 4 is 64.4 Å². The molecule has 0 aliphatic carbocycles. The Morgan fingerprint density at radius 2 is 1.78 bits per heavy atom. The van der Waals surface area contributed by atoms with Crippen LogP contribution in [0, 0.1) is 13.8 Å². The van der Waals surface area contributed by atoms with E-state index in [9.17, 15) is 19.2 Å². The largest absolute Gasteiger partial charge is 0.483 e. The molecule has 0 unspecified atom stereocenters. The number of barbiturate groups is 1. The summed E-state index contributed by atoms with van der Waals surface area (Å²) in [5, 5.41) is 5.58. The highest BCUT2D eigenvalue weighted by Gasteiger charge is 2.37. The molecule has 0 spiro atoms. The number of aryl methyl sites for hydroxylation is 1. The van der Waals surface area contributed by atoms with Crippen LogP contribution in [-0.2, 0) is 14.4 Å². The van der Waals surface area contributed by atoms with Gasteiger partial charge in [-0.05, 0) is 73.5 Å².